The second-order valence-electron chi connectivity index (χ2n) is 1.51. The normalized spacial score (nSPS) is 16.3. The van der Waals surface area contributed by atoms with E-state index in [2.05, 4.69) is 4.89 Å². The molecule has 0 fully saturated rings. The largest absolute Gasteiger partial charge is 0.759 e. The van der Waals surface area contributed by atoms with Crippen LogP contribution in [0.4, 0.5) is 0 Å². The minimum atomic E-state index is -2.02. The molecule has 0 aromatic rings. The van der Waals surface area contributed by atoms with E-state index in [9.17, 15) is 10.1 Å². The Morgan fingerprint density at radius 1 is 1.60 bits per heavy atom. The van der Waals surface area contributed by atoms with Crippen LogP contribution in [0.1, 0.15) is 0 Å². The summed E-state index contributed by atoms with van der Waals surface area (Å²) in [7, 11) is 0. The highest BCUT2D eigenvalue weighted by atomic mass is 17.1. The Morgan fingerprint density at radius 2 is 2.10 bits per heavy atom. The van der Waals surface area contributed by atoms with Gasteiger partial charge in [0.1, 0.15) is 0 Å². The van der Waals surface area contributed by atoms with E-state index in [-0.39, 0.29) is 6.61 Å². The Labute approximate surface area is 56.2 Å². The molecule has 0 spiro atoms. The van der Waals surface area contributed by atoms with Crippen molar-refractivity contribution in [2.24, 2.45) is 0 Å². The van der Waals surface area contributed by atoms with E-state index in [1.807, 2.05) is 0 Å². The van der Waals surface area contributed by atoms with Crippen LogP contribution in [0, 0.1) is 6.61 Å². The van der Waals surface area contributed by atoms with Crippen molar-refractivity contribution < 1.29 is 30.3 Å². The lowest BCUT2D eigenvalue weighted by Gasteiger charge is -2.26. The molecule has 0 aliphatic carbocycles. The van der Waals surface area contributed by atoms with Crippen LogP contribution in [-0.4, -0.2) is 33.5 Å². The Balaban J connectivity index is 3.69. The van der Waals surface area contributed by atoms with E-state index >= 15 is 0 Å². The van der Waals surface area contributed by atoms with Gasteiger partial charge in [-0.2, -0.15) is 6.61 Å². The van der Waals surface area contributed by atoms with Crippen LogP contribution in [0.5, 0.6) is 0 Å². The summed E-state index contributed by atoms with van der Waals surface area (Å²) in [5, 5.41) is 34.1. The standard InChI is InChI=1S/C4H7O6/c5-2(1-10-9)3(6)4(7)8/h1-3,5-6,9H,(H,7,8)/q-1/p-1/t2-,3+/m0/s1. The second-order valence-corrected chi connectivity index (χ2v) is 1.51. The molecule has 0 aromatic carbocycles. The first kappa shape index (κ1) is 9.31. The van der Waals surface area contributed by atoms with Crippen molar-refractivity contribution in [2.75, 3.05) is 0 Å². The highest BCUT2D eigenvalue weighted by Crippen LogP contribution is 1.96. The van der Waals surface area contributed by atoms with Gasteiger partial charge in [0.25, 0.3) is 0 Å². The number of aliphatic carboxylic acids is 1. The van der Waals surface area contributed by atoms with Gasteiger partial charge in [-0.15, -0.1) is 0 Å². The minimum Gasteiger partial charge on any atom is -0.759 e. The first-order valence-electron chi connectivity index (χ1n) is 2.30. The number of hydrogen-bond acceptors (Lipinski definition) is 5. The lowest BCUT2D eigenvalue weighted by atomic mass is 10.2. The van der Waals surface area contributed by atoms with Crippen molar-refractivity contribution in [3.8, 4) is 0 Å². The zero-order chi connectivity index (χ0) is 8.15. The molecular formula is C4H6O6-2. The van der Waals surface area contributed by atoms with Crippen molar-refractivity contribution in [1.82, 2.24) is 0 Å². The molecule has 2 atom stereocenters. The first-order valence-corrected chi connectivity index (χ1v) is 2.30. The molecule has 60 valence electrons. The van der Waals surface area contributed by atoms with Crippen molar-refractivity contribution in [2.45, 2.75) is 12.2 Å². The molecule has 0 rings (SSSR count). The summed E-state index contributed by atoms with van der Waals surface area (Å²) in [4.78, 5) is 12.9. The van der Waals surface area contributed by atoms with Gasteiger partial charge in [-0.25, -0.2) is 4.79 Å². The second kappa shape index (κ2) is 4.18. The van der Waals surface area contributed by atoms with Crippen molar-refractivity contribution >= 4 is 5.97 Å². The van der Waals surface area contributed by atoms with Gasteiger partial charge in [0.05, 0.1) is 0 Å². The average Bonchev–Trinajstić information content (AvgIpc) is 1.87. The summed E-state index contributed by atoms with van der Waals surface area (Å²) in [6, 6.07) is 0. The molecule has 6 heteroatoms. The van der Waals surface area contributed by atoms with E-state index in [4.69, 9.17) is 15.3 Å². The molecule has 3 N–H and O–H groups in total. The number of hydrogen-bond donors (Lipinski definition) is 3. The molecule has 6 nitrogen and oxygen atoms in total. The molecule has 0 unspecified atom stereocenters. The predicted molar refractivity (Wildman–Crippen MR) is 25.0 cm³/mol. The van der Waals surface area contributed by atoms with E-state index in [1.54, 1.807) is 0 Å². The molecule has 0 aliphatic rings. The Morgan fingerprint density at radius 3 is 2.40 bits per heavy atom. The SMILES string of the molecule is O=C(O)[C@H](O)[C@@H](O)[CH-]O[O-]. The van der Waals surface area contributed by atoms with E-state index in [1.165, 1.54) is 0 Å². The number of carbonyl (C=O) groups is 1. The summed E-state index contributed by atoms with van der Waals surface area (Å²) in [5.74, 6) is -1.62. The van der Waals surface area contributed by atoms with Crippen LogP contribution in [0.3, 0.4) is 0 Å². The molecule has 0 heterocycles. The van der Waals surface area contributed by atoms with Crippen molar-refractivity contribution in [3.63, 3.8) is 0 Å². The fraction of sp³-hybridized carbons (Fsp3) is 0.500. The van der Waals surface area contributed by atoms with Gasteiger partial charge < -0.3 is 25.5 Å². The molecular weight excluding hydrogens is 144 g/mol. The Bertz CT molecular complexity index is 112. The zero-order valence-corrected chi connectivity index (χ0v) is 4.80. The van der Waals surface area contributed by atoms with Crippen molar-refractivity contribution in [3.05, 3.63) is 6.61 Å². The van der Waals surface area contributed by atoms with Gasteiger partial charge in [-0.1, -0.05) is 0 Å². The molecule has 10 heavy (non-hydrogen) atoms. The number of carboxylic acid groups (broad SMARTS) is 1. The first-order chi connectivity index (χ1) is 4.59. The zero-order valence-electron chi connectivity index (χ0n) is 4.80. The average molecular weight is 150 g/mol. The Kier molecular flexibility index (Phi) is 3.89. The number of aliphatic hydroxyl groups excluding tert-OH is 2. The third kappa shape index (κ3) is 2.74. The molecule has 0 amide bonds. The van der Waals surface area contributed by atoms with Crippen LogP contribution in [0.15, 0.2) is 0 Å². The van der Waals surface area contributed by atoms with E-state index in [0.29, 0.717) is 0 Å². The number of carboxylic acids is 1. The number of rotatable bonds is 4. The predicted octanol–water partition coefficient (Wildman–Crippen LogP) is -2.75. The lowest BCUT2D eigenvalue weighted by molar-refractivity contribution is -0.677. The number of aliphatic hydroxyl groups is 2. The third-order valence-electron chi connectivity index (χ3n) is 0.771. The molecule has 0 aliphatic heterocycles. The summed E-state index contributed by atoms with van der Waals surface area (Å²) in [5.41, 5.74) is 0. The summed E-state index contributed by atoms with van der Waals surface area (Å²) >= 11 is 0. The summed E-state index contributed by atoms with van der Waals surface area (Å²) in [6.45, 7) is 0.277. The Hall–Kier alpha value is -0.690. The summed E-state index contributed by atoms with van der Waals surface area (Å²) in [6.07, 6.45) is -3.82. The minimum absolute atomic E-state index is 0.277. The van der Waals surface area contributed by atoms with Crippen molar-refractivity contribution in [1.29, 1.82) is 0 Å². The maximum absolute atomic E-state index is 9.83. The lowest BCUT2D eigenvalue weighted by Crippen LogP contribution is -2.35. The smallest absolute Gasteiger partial charge is 0.332 e. The van der Waals surface area contributed by atoms with Gasteiger partial charge in [-0.05, 0) is 6.10 Å². The van der Waals surface area contributed by atoms with Gasteiger partial charge in [0.2, 0.25) is 0 Å². The quantitative estimate of drug-likeness (QED) is 0.227. The molecule has 0 saturated heterocycles. The van der Waals surface area contributed by atoms with E-state index in [0.717, 1.165) is 0 Å². The molecule has 0 bridgehead atoms. The maximum atomic E-state index is 9.83. The maximum Gasteiger partial charge on any atom is 0.332 e. The van der Waals surface area contributed by atoms with Crippen LogP contribution < -0.4 is 5.26 Å². The van der Waals surface area contributed by atoms with Gasteiger partial charge in [0.15, 0.2) is 6.10 Å². The molecule has 0 saturated carbocycles. The van der Waals surface area contributed by atoms with Crippen LogP contribution in [0.2, 0.25) is 0 Å². The highest BCUT2D eigenvalue weighted by molar-refractivity contribution is 5.72. The van der Waals surface area contributed by atoms with Crippen LogP contribution in [-0.2, 0) is 9.68 Å². The molecule has 0 aromatic heterocycles. The van der Waals surface area contributed by atoms with Gasteiger partial charge >= 0.3 is 5.97 Å². The van der Waals surface area contributed by atoms with Gasteiger partial charge in [0, 0.05) is 0 Å². The third-order valence-corrected chi connectivity index (χ3v) is 0.771. The topological polar surface area (TPSA) is 110 Å². The molecule has 0 radical (unpaired) electrons. The highest BCUT2D eigenvalue weighted by Gasteiger charge is 2.16. The van der Waals surface area contributed by atoms with Gasteiger partial charge in [-0.3, -0.25) is 0 Å². The monoisotopic (exact) mass is 150 g/mol. The fourth-order valence-electron chi connectivity index (χ4n) is 0.277. The summed E-state index contributed by atoms with van der Waals surface area (Å²) < 4.78 is 0. The van der Waals surface area contributed by atoms with E-state index < -0.39 is 18.2 Å². The van der Waals surface area contributed by atoms with Crippen LogP contribution >= 0.6 is 0 Å². The van der Waals surface area contributed by atoms with Crippen LogP contribution in [0.25, 0.3) is 0 Å². The fourth-order valence-corrected chi connectivity index (χ4v) is 0.277.